The molecule has 0 N–H and O–H groups in total. The standard InChI is InChI=1S/C20H23BrN8O/c1-5-27-13(3)14(9-23-27)17-7-8-22-19-15(10-25-29(17)19)20(30)26(4)12-18-16(21)11-24-28(18)6-2/h7-11H,5-6,12H2,1-4H3. The molecule has 4 rings (SSSR count). The number of amides is 1. The van der Waals surface area contributed by atoms with Crippen molar-refractivity contribution in [2.24, 2.45) is 0 Å². The molecule has 0 saturated carbocycles. The van der Waals surface area contributed by atoms with Gasteiger partial charge in [-0.05, 0) is 42.8 Å². The van der Waals surface area contributed by atoms with Crippen LogP contribution in [0.3, 0.4) is 0 Å². The maximum atomic E-state index is 13.2. The number of halogens is 1. The molecular weight excluding hydrogens is 448 g/mol. The van der Waals surface area contributed by atoms with Crippen LogP contribution in [0.1, 0.15) is 35.6 Å². The normalized spacial score (nSPS) is 11.4. The largest absolute Gasteiger partial charge is 0.336 e. The number of carbonyl (C=O) groups is 1. The molecule has 0 aliphatic heterocycles. The van der Waals surface area contributed by atoms with Crippen molar-refractivity contribution in [3.05, 3.63) is 52.3 Å². The Hall–Kier alpha value is -3.01. The van der Waals surface area contributed by atoms with E-state index in [9.17, 15) is 4.79 Å². The zero-order chi connectivity index (χ0) is 21.4. The highest BCUT2D eigenvalue weighted by atomic mass is 79.9. The molecule has 4 aromatic rings. The second kappa shape index (κ2) is 8.02. The average molecular weight is 471 g/mol. The Morgan fingerprint density at radius 2 is 1.83 bits per heavy atom. The summed E-state index contributed by atoms with van der Waals surface area (Å²) in [4.78, 5) is 19.3. The summed E-state index contributed by atoms with van der Waals surface area (Å²) < 4.78 is 6.39. The van der Waals surface area contributed by atoms with Gasteiger partial charge in [0, 0.05) is 37.6 Å². The summed E-state index contributed by atoms with van der Waals surface area (Å²) >= 11 is 3.52. The lowest BCUT2D eigenvalue weighted by Gasteiger charge is -2.17. The van der Waals surface area contributed by atoms with E-state index in [1.165, 1.54) is 0 Å². The summed E-state index contributed by atoms with van der Waals surface area (Å²) in [5.41, 5.74) is 4.79. The third-order valence-electron chi connectivity index (χ3n) is 5.24. The monoisotopic (exact) mass is 470 g/mol. The number of carbonyl (C=O) groups excluding carboxylic acids is 1. The number of fused-ring (bicyclic) bond motifs is 1. The first-order valence-corrected chi connectivity index (χ1v) is 10.6. The van der Waals surface area contributed by atoms with Gasteiger partial charge < -0.3 is 4.90 Å². The van der Waals surface area contributed by atoms with Crippen LogP contribution in [0.15, 0.2) is 35.3 Å². The first kappa shape index (κ1) is 20.3. The Kier molecular flexibility index (Phi) is 5.42. The van der Waals surface area contributed by atoms with Crippen molar-refractivity contribution >= 4 is 27.5 Å². The molecule has 0 aliphatic carbocycles. The van der Waals surface area contributed by atoms with E-state index in [1.54, 1.807) is 35.1 Å². The molecule has 4 aromatic heterocycles. The fourth-order valence-electron chi connectivity index (χ4n) is 3.58. The molecule has 0 fully saturated rings. The predicted molar refractivity (Wildman–Crippen MR) is 116 cm³/mol. The van der Waals surface area contributed by atoms with Gasteiger partial charge in [0.15, 0.2) is 5.65 Å². The van der Waals surface area contributed by atoms with Crippen LogP contribution < -0.4 is 0 Å². The molecule has 0 saturated heterocycles. The van der Waals surface area contributed by atoms with Crippen LogP contribution in [-0.2, 0) is 19.6 Å². The lowest BCUT2D eigenvalue weighted by molar-refractivity contribution is 0.0783. The topological polar surface area (TPSA) is 86.1 Å². The molecule has 0 unspecified atom stereocenters. The molecule has 0 atom stereocenters. The van der Waals surface area contributed by atoms with E-state index in [1.807, 2.05) is 35.5 Å². The summed E-state index contributed by atoms with van der Waals surface area (Å²) in [5.74, 6) is -0.147. The Labute approximate surface area is 182 Å². The van der Waals surface area contributed by atoms with Crippen molar-refractivity contribution in [2.75, 3.05) is 7.05 Å². The Morgan fingerprint density at radius 3 is 2.53 bits per heavy atom. The van der Waals surface area contributed by atoms with E-state index < -0.39 is 0 Å². The van der Waals surface area contributed by atoms with Crippen LogP contribution in [-0.4, -0.2) is 52.0 Å². The van der Waals surface area contributed by atoms with Crippen LogP contribution in [0, 0.1) is 6.92 Å². The first-order valence-electron chi connectivity index (χ1n) is 9.77. The molecule has 30 heavy (non-hydrogen) atoms. The highest BCUT2D eigenvalue weighted by Gasteiger charge is 2.22. The number of hydrogen-bond acceptors (Lipinski definition) is 5. The summed E-state index contributed by atoms with van der Waals surface area (Å²) in [6.45, 7) is 8.04. The molecule has 0 spiro atoms. The smallest absolute Gasteiger partial charge is 0.259 e. The SMILES string of the molecule is CCn1ncc(-c2ccnc3c(C(=O)N(C)Cc4c(Br)cnn4CC)cnn23)c1C. The van der Waals surface area contributed by atoms with Crippen molar-refractivity contribution in [3.8, 4) is 11.3 Å². The minimum Gasteiger partial charge on any atom is -0.336 e. The summed E-state index contributed by atoms with van der Waals surface area (Å²) in [6.07, 6.45) is 6.86. The third-order valence-corrected chi connectivity index (χ3v) is 5.90. The maximum absolute atomic E-state index is 13.2. The summed E-state index contributed by atoms with van der Waals surface area (Å²) in [6, 6.07) is 1.89. The van der Waals surface area contributed by atoms with Gasteiger partial charge in [0.1, 0.15) is 5.56 Å². The van der Waals surface area contributed by atoms with E-state index in [4.69, 9.17) is 0 Å². The highest BCUT2D eigenvalue weighted by Crippen LogP contribution is 2.25. The predicted octanol–water partition coefficient (Wildman–Crippen LogP) is 3.17. The fourth-order valence-corrected chi connectivity index (χ4v) is 4.00. The molecule has 1 amide bonds. The quantitative estimate of drug-likeness (QED) is 0.431. The van der Waals surface area contributed by atoms with Crippen LogP contribution >= 0.6 is 15.9 Å². The van der Waals surface area contributed by atoms with Gasteiger partial charge in [-0.15, -0.1) is 0 Å². The molecular formula is C20H23BrN8O. The van der Waals surface area contributed by atoms with Crippen LogP contribution in [0.5, 0.6) is 0 Å². The first-order chi connectivity index (χ1) is 14.5. The van der Waals surface area contributed by atoms with Crippen molar-refractivity contribution in [1.29, 1.82) is 0 Å². The molecule has 156 valence electrons. The van der Waals surface area contributed by atoms with E-state index >= 15 is 0 Å². The molecule has 10 heteroatoms. The third kappa shape index (κ3) is 3.30. The molecule has 0 bridgehead atoms. The number of rotatable bonds is 6. The summed E-state index contributed by atoms with van der Waals surface area (Å²) in [5, 5.41) is 13.2. The Bertz CT molecular complexity index is 1220. The van der Waals surface area contributed by atoms with E-state index in [0.717, 1.165) is 40.2 Å². The van der Waals surface area contributed by atoms with Crippen LogP contribution in [0.4, 0.5) is 0 Å². The van der Waals surface area contributed by atoms with E-state index in [-0.39, 0.29) is 5.91 Å². The second-order valence-corrected chi connectivity index (χ2v) is 7.85. The minimum absolute atomic E-state index is 0.147. The summed E-state index contributed by atoms with van der Waals surface area (Å²) in [7, 11) is 1.77. The number of hydrogen-bond donors (Lipinski definition) is 0. The lowest BCUT2D eigenvalue weighted by atomic mass is 10.2. The number of aryl methyl sites for hydroxylation is 2. The maximum Gasteiger partial charge on any atom is 0.259 e. The van der Waals surface area contributed by atoms with Gasteiger partial charge >= 0.3 is 0 Å². The van der Waals surface area contributed by atoms with E-state index in [0.29, 0.717) is 17.8 Å². The average Bonchev–Trinajstić information content (AvgIpc) is 3.44. The van der Waals surface area contributed by atoms with Crippen molar-refractivity contribution in [3.63, 3.8) is 0 Å². The Balaban J connectivity index is 1.69. The molecule has 0 aromatic carbocycles. The highest BCUT2D eigenvalue weighted by molar-refractivity contribution is 9.10. The van der Waals surface area contributed by atoms with Gasteiger partial charge in [0.05, 0.1) is 41.0 Å². The second-order valence-electron chi connectivity index (χ2n) is 7.00. The zero-order valence-corrected chi connectivity index (χ0v) is 19.0. The minimum atomic E-state index is -0.147. The van der Waals surface area contributed by atoms with Crippen LogP contribution in [0.2, 0.25) is 0 Å². The van der Waals surface area contributed by atoms with Crippen molar-refractivity contribution in [2.45, 2.75) is 40.4 Å². The molecule has 0 aliphatic rings. The number of nitrogens with zero attached hydrogens (tertiary/aromatic N) is 8. The van der Waals surface area contributed by atoms with E-state index in [2.05, 4.69) is 43.1 Å². The van der Waals surface area contributed by atoms with Gasteiger partial charge in [-0.3, -0.25) is 14.2 Å². The van der Waals surface area contributed by atoms with Crippen molar-refractivity contribution < 1.29 is 4.79 Å². The molecule has 0 radical (unpaired) electrons. The molecule has 4 heterocycles. The lowest BCUT2D eigenvalue weighted by Crippen LogP contribution is -2.27. The molecule has 9 nitrogen and oxygen atoms in total. The number of aromatic nitrogens is 7. The van der Waals surface area contributed by atoms with Gasteiger partial charge in [-0.25, -0.2) is 9.50 Å². The van der Waals surface area contributed by atoms with Crippen molar-refractivity contribution in [1.82, 2.24) is 39.1 Å². The van der Waals surface area contributed by atoms with Gasteiger partial charge in [0.2, 0.25) is 0 Å². The Morgan fingerprint density at radius 1 is 1.10 bits per heavy atom. The van der Waals surface area contributed by atoms with Gasteiger partial charge in [-0.1, -0.05) is 0 Å². The van der Waals surface area contributed by atoms with Gasteiger partial charge in [0.25, 0.3) is 5.91 Å². The zero-order valence-electron chi connectivity index (χ0n) is 17.4. The van der Waals surface area contributed by atoms with Gasteiger partial charge in [-0.2, -0.15) is 15.3 Å². The fraction of sp³-hybridized carbons (Fsp3) is 0.350. The van der Waals surface area contributed by atoms with Crippen LogP contribution in [0.25, 0.3) is 16.9 Å².